The minimum atomic E-state index is -0.533. The molecule has 1 aliphatic heterocycles. The summed E-state index contributed by atoms with van der Waals surface area (Å²) in [6.45, 7) is 6.85. The maximum Gasteiger partial charge on any atom is 0.106 e. The maximum absolute atomic E-state index is 10.5. The molecule has 1 saturated heterocycles. The van der Waals surface area contributed by atoms with Crippen molar-refractivity contribution in [2.24, 2.45) is 5.92 Å². The summed E-state index contributed by atoms with van der Waals surface area (Å²) in [6, 6.07) is 8.27. The molecule has 1 fully saturated rings. The molecule has 2 atom stereocenters. The Hall–Kier alpha value is -0.900. The van der Waals surface area contributed by atoms with Crippen LogP contribution >= 0.6 is 0 Å². The number of hydrogen-bond acceptors (Lipinski definition) is 3. The third-order valence-corrected chi connectivity index (χ3v) is 3.59. The largest absolute Gasteiger partial charge is 0.386 e. The molecule has 1 aromatic rings. The molecule has 3 heteroatoms. The molecule has 0 amide bonds. The Balaban J connectivity index is 2.07. The van der Waals surface area contributed by atoms with Gasteiger partial charge in [-0.2, -0.15) is 0 Å². The van der Waals surface area contributed by atoms with Crippen LogP contribution in [0, 0.1) is 5.92 Å². The van der Waals surface area contributed by atoms with Crippen LogP contribution in [-0.2, 0) is 11.2 Å². The van der Waals surface area contributed by atoms with Crippen molar-refractivity contribution in [1.29, 1.82) is 0 Å². The van der Waals surface area contributed by atoms with Gasteiger partial charge in [-0.05, 0) is 30.5 Å². The lowest BCUT2D eigenvalue weighted by Crippen LogP contribution is -2.42. The molecule has 3 nitrogen and oxygen atoms in total. The number of rotatable bonds is 4. The third-order valence-electron chi connectivity index (χ3n) is 3.59. The average Bonchev–Trinajstić information content (AvgIpc) is 2.37. The van der Waals surface area contributed by atoms with Crippen molar-refractivity contribution in [3.05, 3.63) is 35.4 Å². The van der Waals surface area contributed by atoms with E-state index in [1.165, 1.54) is 5.56 Å². The van der Waals surface area contributed by atoms with Gasteiger partial charge in [0.2, 0.25) is 0 Å². The van der Waals surface area contributed by atoms with Crippen LogP contribution in [0.4, 0.5) is 0 Å². The highest BCUT2D eigenvalue weighted by molar-refractivity contribution is 5.26. The molecule has 1 aromatic carbocycles. The highest BCUT2D eigenvalue weighted by Gasteiger charge is 2.26. The summed E-state index contributed by atoms with van der Waals surface area (Å²) in [5.41, 5.74) is 2.26. The number of morpholine rings is 1. The summed E-state index contributed by atoms with van der Waals surface area (Å²) in [7, 11) is 2.07. The minimum Gasteiger partial charge on any atom is -0.386 e. The monoisotopic (exact) mass is 263 g/mol. The molecule has 1 heterocycles. The van der Waals surface area contributed by atoms with Gasteiger partial charge in [0.05, 0.1) is 6.61 Å². The van der Waals surface area contributed by atoms with Gasteiger partial charge >= 0.3 is 0 Å². The number of aliphatic hydroxyl groups excluding tert-OH is 1. The van der Waals surface area contributed by atoms with Crippen LogP contribution < -0.4 is 0 Å². The van der Waals surface area contributed by atoms with E-state index < -0.39 is 6.10 Å². The molecule has 19 heavy (non-hydrogen) atoms. The van der Waals surface area contributed by atoms with Crippen LogP contribution in [0.3, 0.4) is 0 Å². The molecule has 1 aliphatic rings. The Morgan fingerprint density at radius 3 is 2.89 bits per heavy atom. The smallest absolute Gasteiger partial charge is 0.106 e. The molecule has 0 aliphatic carbocycles. The Morgan fingerprint density at radius 2 is 2.21 bits per heavy atom. The summed E-state index contributed by atoms with van der Waals surface area (Å²) < 4.78 is 5.69. The average molecular weight is 263 g/mol. The lowest BCUT2D eigenvalue weighted by atomic mass is 9.97. The highest BCUT2D eigenvalue weighted by atomic mass is 16.5. The lowest BCUT2D eigenvalue weighted by molar-refractivity contribution is -0.0844. The fraction of sp³-hybridized carbons (Fsp3) is 0.625. The second-order valence-electron chi connectivity index (χ2n) is 5.96. The Morgan fingerprint density at radius 1 is 1.42 bits per heavy atom. The van der Waals surface area contributed by atoms with E-state index in [0.29, 0.717) is 12.5 Å². The first-order valence-corrected chi connectivity index (χ1v) is 7.13. The Kier molecular flexibility index (Phi) is 4.97. The van der Waals surface area contributed by atoms with Crippen LogP contribution in [0.15, 0.2) is 24.3 Å². The molecule has 2 unspecified atom stereocenters. The van der Waals surface area contributed by atoms with Gasteiger partial charge in [-0.1, -0.05) is 38.1 Å². The topological polar surface area (TPSA) is 32.7 Å². The van der Waals surface area contributed by atoms with Crippen molar-refractivity contribution in [3.63, 3.8) is 0 Å². The quantitative estimate of drug-likeness (QED) is 0.904. The van der Waals surface area contributed by atoms with Gasteiger partial charge in [0.1, 0.15) is 12.2 Å². The van der Waals surface area contributed by atoms with E-state index >= 15 is 0 Å². The predicted molar refractivity (Wildman–Crippen MR) is 77.2 cm³/mol. The predicted octanol–water partition coefficient (Wildman–Crippen LogP) is 2.25. The Labute approximate surface area is 116 Å². The summed E-state index contributed by atoms with van der Waals surface area (Å²) >= 11 is 0. The number of likely N-dealkylation sites (N-methyl/N-ethyl adjacent to an activating group) is 1. The number of aliphatic hydroxyl groups is 1. The Bertz CT molecular complexity index is 405. The molecule has 0 spiro atoms. The van der Waals surface area contributed by atoms with Gasteiger partial charge in [0.25, 0.3) is 0 Å². The zero-order valence-corrected chi connectivity index (χ0v) is 12.2. The molecular weight excluding hydrogens is 238 g/mol. The minimum absolute atomic E-state index is 0.118. The SMILES string of the molecule is CC(C)Cc1cccc(C(O)C2CN(C)CCO2)c1. The molecule has 0 bridgehead atoms. The summed E-state index contributed by atoms with van der Waals surface area (Å²) in [6.07, 6.45) is 0.398. The van der Waals surface area contributed by atoms with E-state index in [-0.39, 0.29) is 6.10 Å². The zero-order chi connectivity index (χ0) is 13.8. The standard InChI is InChI=1S/C16H25NO2/c1-12(2)9-13-5-4-6-14(10-13)16(18)15-11-17(3)7-8-19-15/h4-6,10,12,15-16,18H,7-9,11H2,1-3H3. The zero-order valence-electron chi connectivity index (χ0n) is 12.2. The molecular formula is C16H25NO2. The van der Waals surface area contributed by atoms with E-state index in [1.54, 1.807) is 0 Å². The van der Waals surface area contributed by atoms with Crippen molar-refractivity contribution >= 4 is 0 Å². The second kappa shape index (κ2) is 6.51. The van der Waals surface area contributed by atoms with Gasteiger partial charge in [-0.15, -0.1) is 0 Å². The van der Waals surface area contributed by atoms with Crippen molar-refractivity contribution in [1.82, 2.24) is 4.90 Å². The molecule has 2 rings (SSSR count). The number of benzene rings is 1. The molecule has 0 saturated carbocycles. The lowest BCUT2D eigenvalue weighted by Gasteiger charge is -2.33. The first-order valence-electron chi connectivity index (χ1n) is 7.13. The summed E-state index contributed by atoms with van der Waals surface area (Å²) in [4.78, 5) is 2.20. The van der Waals surface area contributed by atoms with Crippen molar-refractivity contribution in [3.8, 4) is 0 Å². The van der Waals surface area contributed by atoms with Crippen molar-refractivity contribution in [2.45, 2.75) is 32.5 Å². The molecule has 0 radical (unpaired) electrons. The highest BCUT2D eigenvalue weighted by Crippen LogP contribution is 2.23. The van der Waals surface area contributed by atoms with E-state index in [4.69, 9.17) is 4.74 Å². The van der Waals surface area contributed by atoms with Gasteiger partial charge in [-0.25, -0.2) is 0 Å². The first-order chi connectivity index (χ1) is 9.06. The van der Waals surface area contributed by atoms with E-state index in [1.807, 2.05) is 12.1 Å². The fourth-order valence-corrected chi connectivity index (χ4v) is 2.59. The van der Waals surface area contributed by atoms with Gasteiger partial charge in [0, 0.05) is 13.1 Å². The van der Waals surface area contributed by atoms with Gasteiger partial charge in [-0.3, -0.25) is 0 Å². The number of hydrogen-bond donors (Lipinski definition) is 1. The second-order valence-corrected chi connectivity index (χ2v) is 5.96. The number of nitrogens with zero attached hydrogens (tertiary/aromatic N) is 1. The first kappa shape index (κ1) is 14.5. The summed E-state index contributed by atoms with van der Waals surface area (Å²) in [5, 5.41) is 10.5. The fourth-order valence-electron chi connectivity index (χ4n) is 2.59. The van der Waals surface area contributed by atoms with Crippen molar-refractivity contribution < 1.29 is 9.84 Å². The van der Waals surface area contributed by atoms with Gasteiger partial charge < -0.3 is 14.7 Å². The molecule has 1 N–H and O–H groups in total. The third kappa shape index (κ3) is 4.03. The van der Waals surface area contributed by atoms with E-state index in [0.717, 1.165) is 25.1 Å². The van der Waals surface area contributed by atoms with Crippen LogP contribution in [0.1, 0.15) is 31.1 Å². The normalized spacial score (nSPS) is 22.7. The van der Waals surface area contributed by atoms with E-state index in [2.05, 4.69) is 37.9 Å². The molecule has 106 valence electrons. The van der Waals surface area contributed by atoms with Crippen molar-refractivity contribution in [2.75, 3.05) is 26.7 Å². The van der Waals surface area contributed by atoms with Crippen LogP contribution in [0.5, 0.6) is 0 Å². The van der Waals surface area contributed by atoms with Gasteiger partial charge in [0.15, 0.2) is 0 Å². The maximum atomic E-state index is 10.5. The summed E-state index contributed by atoms with van der Waals surface area (Å²) in [5.74, 6) is 0.629. The van der Waals surface area contributed by atoms with Crippen LogP contribution in [0.25, 0.3) is 0 Å². The van der Waals surface area contributed by atoms with Crippen LogP contribution in [0.2, 0.25) is 0 Å². The van der Waals surface area contributed by atoms with E-state index in [9.17, 15) is 5.11 Å². The number of ether oxygens (including phenoxy) is 1. The van der Waals surface area contributed by atoms with Crippen LogP contribution in [-0.4, -0.2) is 42.9 Å². The molecule has 0 aromatic heterocycles.